The van der Waals surface area contributed by atoms with Crippen molar-refractivity contribution in [1.29, 1.82) is 0 Å². The SMILES string of the molecule is CC(=O)c1ccc(N2CC(CCO)C2)cc1. The maximum absolute atomic E-state index is 11.1. The molecule has 1 aromatic carbocycles. The van der Waals surface area contributed by atoms with Crippen LogP contribution < -0.4 is 4.90 Å². The maximum Gasteiger partial charge on any atom is 0.159 e. The Kier molecular flexibility index (Phi) is 3.25. The lowest BCUT2D eigenvalue weighted by molar-refractivity contribution is 0.101. The summed E-state index contributed by atoms with van der Waals surface area (Å²) in [6, 6.07) is 7.73. The first kappa shape index (κ1) is 11.1. The summed E-state index contributed by atoms with van der Waals surface area (Å²) in [5, 5.41) is 8.80. The van der Waals surface area contributed by atoms with Gasteiger partial charge in [-0.2, -0.15) is 0 Å². The fourth-order valence-corrected chi connectivity index (χ4v) is 2.05. The number of hydrogen-bond acceptors (Lipinski definition) is 3. The van der Waals surface area contributed by atoms with Gasteiger partial charge in [0.2, 0.25) is 0 Å². The summed E-state index contributed by atoms with van der Waals surface area (Å²) >= 11 is 0. The lowest BCUT2D eigenvalue weighted by Crippen LogP contribution is -2.47. The molecule has 0 unspecified atom stereocenters. The fraction of sp³-hybridized carbons (Fsp3) is 0.462. The van der Waals surface area contributed by atoms with Crippen LogP contribution in [-0.2, 0) is 0 Å². The van der Waals surface area contributed by atoms with Crippen LogP contribution in [0.4, 0.5) is 5.69 Å². The Balaban J connectivity index is 1.94. The summed E-state index contributed by atoms with van der Waals surface area (Å²) in [5.41, 5.74) is 1.93. The normalized spacial score (nSPS) is 16.0. The van der Waals surface area contributed by atoms with Crippen molar-refractivity contribution in [3.8, 4) is 0 Å². The number of benzene rings is 1. The molecule has 86 valence electrons. The van der Waals surface area contributed by atoms with Crippen LogP contribution in [0, 0.1) is 5.92 Å². The van der Waals surface area contributed by atoms with Crippen molar-refractivity contribution in [1.82, 2.24) is 0 Å². The third kappa shape index (κ3) is 2.25. The van der Waals surface area contributed by atoms with Crippen molar-refractivity contribution in [2.45, 2.75) is 13.3 Å². The number of aliphatic hydroxyl groups excluding tert-OH is 1. The van der Waals surface area contributed by atoms with Gasteiger partial charge in [-0.25, -0.2) is 0 Å². The average molecular weight is 219 g/mol. The predicted molar refractivity (Wildman–Crippen MR) is 63.9 cm³/mol. The van der Waals surface area contributed by atoms with Gasteiger partial charge >= 0.3 is 0 Å². The summed E-state index contributed by atoms with van der Waals surface area (Å²) in [7, 11) is 0. The standard InChI is InChI=1S/C13H17NO2/c1-10(16)12-2-4-13(5-3-12)14-8-11(9-14)6-7-15/h2-5,11,15H,6-9H2,1H3. The van der Waals surface area contributed by atoms with E-state index >= 15 is 0 Å². The molecule has 0 saturated carbocycles. The van der Waals surface area contributed by atoms with Crippen LogP contribution in [0.3, 0.4) is 0 Å². The van der Waals surface area contributed by atoms with Crippen LogP contribution in [0.1, 0.15) is 23.7 Å². The van der Waals surface area contributed by atoms with E-state index in [1.807, 2.05) is 24.3 Å². The molecule has 1 heterocycles. The number of carbonyl (C=O) groups is 1. The molecule has 2 rings (SSSR count). The largest absolute Gasteiger partial charge is 0.396 e. The van der Waals surface area contributed by atoms with Crippen molar-refractivity contribution in [2.75, 3.05) is 24.6 Å². The van der Waals surface area contributed by atoms with Crippen molar-refractivity contribution in [2.24, 2.45) is 5.92 Å². The molecule has 0 amide bonds. The van der Waals surface area contributed by atoms with Gasteiger partial charge in [-0.3, -0.25) is 4.79 Å². The molecule has 0 atom stereocenters. The quantitative estimate of drug-likeness (QED) is 0.784. The van der Waals surface area contributed by atoms with Crippen molar-refractivity contribution in [3.63, 3.8) is 0 Å². The molecule has 0 aliphatic carbocycles. The summed E-state index contributed by atoms with van der Waals surface area (Å²) in [4.78, 5) is 13.4. The second kappa shape index (κ2) is 4.66. The van der Waals surface area contributed by atoms with Gasteiger partial charge in [0.1, 0.15) is 0 Å². The molecule has 0 bridgehead atoms. The van der Waals surface area contributed by atoms with Gasteiger partial charge in [0.15, 0.2) is 5.78 Å². The number of nitrogens with zero attached hydrogens (tertiary/aromatic N) is 1. The first-order valence-corrected chi connectivity index (χ1v) is 5.67. The van der Waals surface area contributed by atoms with E-state index in [2.05, 4.69) is 4.90 Å². The average Bonchev–Trinajstić information content (AvgIpc) is 2.23. The van der Waals surface area contributed by atoms with Crippen molar-refractivity contribution >= 4 is 11.5 Å². The topological polar surface area (TPSA) is 40.5 Å². The Bertz CT molecular complexity index is 366. The molecule has 3 nitrogen and oxygen atoms in total. The lowest BCUT2D eigenvalue weighted by Gasteiger charge is -2.41. The Morgan fingerprint density at radius 3 is 2.50 bits per heavy atom. The minimum absolute atomic E-state index is 0.105. The van der Waals surface area contributed by atoms with Crippen LogP contribution in [-0.4, -0.2) is 30.6 Å². The molecule has 1 fully saturated rings. The Hall–Kier alpha value is -1.35. The summed E-state index contributed by atoms with van der Waals surface area (Å²) in [6.07, 6.45) is 0.891. The number of hydrogen-bond donors (Lipinski definition) is 1. The fourth-order valence-electron chi connectivity index (χ4n) is 2.05. The van der Waals surface area contributed by atoms with Gasteiger partial charge in [-0.1, -0.05) is 0 Å². The Labute approximate surface area is 95.7 Å². The molecule has 1 aromatic rings. The molecule has 1 saturated heterocycles. The molecule has 1 aliphatic rings. The van der Waals surface area contributed by atoms with Crippen LogP contribution in [0.2, 0.25) is 0 Å². The smallest absolute Gasteiger partial charge is 0.159 e. The van der Waals surface area contributed by atoms with E-state index in [4.69, 9.17) is 5.11 Å². The molecule has 1 N–H and O–H groups in total. The van der Waals surface area contributed by atoms with Gasteiger partial charge < -0.3 is 10.0 Å². The zero-order valence-corrected chi connectivity index (χ0v) is 9.52. The molecule has 3 heteroatoms. The van der Waals surface area contributed by atoms with Crippen LogP contribution in [0.5, 0.6) is 0 Å². The third-order valence-electron chi connectivity index (χ3n) is 3.13. The number of anilines is 1. The Morgan fingerprint density at radius 1 is 1.38 bits per heavy atom. The zero-order valence-electron chi connectivity index (χ0n) is 9.52. The maximum atomic E-state index is 11.1. The van der Waals surface area contributed by atoms with E-state index in [1.54, 1.807) is 6.92 Å². The molecule has 16 heavy (non-hydrogen) atoms. The van der Waals surface area contributed by atoms with E-state index < -0.39 is 0 Å². The lowest BCUT2D eigenvalue weighted by atomic mass is 9.96. The predicted octanol–water partition coefficient (Wildman–Crippen LogP) is 1.71. The first-order chi connectivity index (χ1) is 7.70. The number of carbonyl (C=O) groups excluding carboxylic acids is 1. The van der Waals surface area contributed by atoms with E-state index in [9.17, 15) is 4.79 Å². The second-order valence-electron chi connectivity index (χ2n) is 4.39. The highest BCUT2D eigenvalue weighted by atomic mass is 16.3. The molecular formula is C13H17NO2. The molecule has 1 aliphatic heterocycles. The van der Waals surface area contributed by atoms with Gasteiger partial charge in [-0.15, -0.1) is 0 Å². The monoisotopic (exact) mass is 219 g/mol. The van der Waals surface area contributed by atoms with Gasteiger partial charge in [0, 0.05) is 30.9 Å². The summed E-state index contributed by atoms with van der Waals surface area (Å²) < 4.78 is 0. The second-order valence-corrected chi connectivity index (χ2v) is 4.39. The summed E-state index contributed by atoms with van der Waals surface area (Å²) in [5.74, 6) is 0.728. The highest BCUT2D eigenvalue weighted by Crippen LogP contribution is 2.26. The van der Waals surface area contributed by atoms with E-state index in [1.165, 1.54) is 5.69 Å². The molecule has 0 aromatic heterocycles. The van der Waals surface area contributed by atoms with Crippen LogP contribution >= 0.6 is 0 Å². The van der Waals surface area contributed by atoms with Gasteiger partial charge in [0.05, 0.1) is 0 Å². The number of aliphatic hydroxyl groups is 1. The minimum atomic E-state index is 0.105. The number of Topliss-reactive ketones (excluding diaryl/α,β-unsaturated/α-hetero) is 1. The minimum Gasteiger partial charge on any atom is -0.396 e. The Morgan fingerprint density at radius 2 is 2.00 bits per heavy atom. The van der Waals surface area contributed by atoms with Gasteiger partial charge in [0.25, 0.3) is 0 Å². The van der Waals surface area contributed by atoms with E-state index in [0.717, 1.165) is 25.1 Å². The molecule has 0 radical (unpaired) electrons. The number of rotatable bonds is 4. The first-order valence-electron chi connectivity index (χ1n) is 5.67. The molecule has 0 spiro atoms. The van der Waals surface area contributed by atoms with Crippen molar-refractivity contribution < 1.29 is 9.90 Å². The van der Waals surface area contributed by atoms with Crippen LogP contribution in [0.15, 0.2) is 24.3 Å². The summed E-state index contributed by atoms with van der Waals surface area (Å²) in [6.45, 7) is 3.89. The highest BCUT2D eigenvalue weighted by molar-refractivity contribution is 5.94. The zero-order chi connectivity index (χ0) is 11.5. The third-order valence-corrected chi connectivity index (χ3v) is 3.13. The van der Waals surface area contributed by atoms with Gasteiger partial charge in [-0.05, 0) is 43.5 Å². The highest BCUT2D eigenvalue weighted by Gasteiger charge is 2.25. The number of ketones is 1. The van der Waals surface area contributed by atoms with Crippen molar-refractivity contribution in [3.05, 3.63) is 29.8 Å². The molecular weight excluding hydrogens is 202 g/mol. The van der Waals surface area contributed by atoms with E-state index in [-0.39, 0.29) is 12.4 Å². The van der Waals surface area contributed by atoms with Crippen LogP contribution in [0.25, 0.3) is 0 Å². The van der Waals surface area contributed by atoms with E-state index in [0.29, 0.717) is 5.92 Å².